The molecule has 0 aliphatic rings. The van der Waals surface area contributed by atoms with Gasteiger partial charge in [0.2, 0.25) is 0 Å². The van der Waals surface area contributed by atoms with Gasteiger partial charge in [-0.15, -0.1) is 0 Å². The fraction of sp³-hybridized carbons (Fsp3) is 0.769. The Kier molecular flexibility index (Phi) is 7.68. The number of aromatic nitrogens is 2. The van der Waals surface area contributed by atoms with Gasteiger partial charge < -0.3 is 9.47 Å². The van der Waals surface area contributed by atoms with E-state index in [2.05, 4.69) is 40.3 Å². The Bertz CT molecular complexity index is 398. The summed E-state index contributed by atoms with van der Waals surface area (Å²) in [6.45, 7) is 8.14. The summed E-state index contributed by atoms with van der Waals surface area (Å²) in [4.78, 5) is 0. The van der Waals surface area contributed by atoms with Gasteiger partial charge in [0.25, 0.3) is 0 Å². The van der Waals surface area contributed by atoms with Crippen molar-refractivity contribution in [1.82, 2.24) is 15.2 Å². The molecule has 1 rings (SSSR count). The molecule has 6 nitrogen and oxygen atoms in total. The Balaban J connectivity index is 3.06. The van der Waals surface area contributed by atoms with Gasteiger partial charge in [-0.3, -0.25) is 10.5 Å². The normalized spacial score (nSPS) is 14.8. The molecule has 0 amide bonds. The molecular weight excluding hydrogens is 324 g/mol. The van der Waals surface area contributed by atoms with Crippen LogP contribution in [-0.2, 0) is 16.0 Å². The van der Waals surface area contributed by atoms with E-state index in [-0.39, 0.29) is 12.1 Å². The van der Waals surface area contributed by atoms with Crippen molar-refractivity contribution < 1.29 is 9.47 Å². The molecule has 2 atom stereocenters. The van der Waals surface area contributed by atoms with Gasteiger partial charge in [-0.2, -0.15) is 5.10 Å². The first-order valence-corrected chi connectivity index (χ1v) is 7.63. The maximum Gasteiger partial charge on any atom is 0.0904 e. The van der Waals surface area contributed by atoms with Crippen molar-refractivity contribution in [2.45, 2.75) is 39.5 Å². The SMILES string of the molecule is CCOC(C(C)C)C(NN)c1c(Br)cnn1CCOC. The minimum Gasteiger partial charge on any atom is -0.383 e. The zero-order valence-corrected chi connectivity index (χ0v) is 14.2. The number of hydrazine groups is 1. The predicted molar refractivity (Wildman–Crippen MR) is 82.1 cm³/mol. The molecule has 7 heteroatoms. The van der Waals surface area contributed by atoms with Crippen molar-refractivity contribution in [2.75, 3.05) is 20.3 Å². The third kappa shape index (κ3) is 4.26. The van der Waals surface area contributed by atoms with E-state index in [9.17, 15) is 0 Å². The highest BCUT2D eigenvalue weighted by molar-refractivity contribution is 9.10. The summed E-state index contributed by atoms with van der Waals surface area (Å²) in [7, 11) is 1.67. The van der Waals surface area contributed by atoms with Gasteiger partial charge >= 0.3 is 0 Å². The van der Waals surface area contributed by atoms with E-state index >= 15 is 0 Å². The summed E-state index contributed by atoms with van der Waals surface area (Å²) in [6.07, 6.45) is 1.75. The monoisotopic (exact) mass is 348 g/mol. The van der Waals surface area contributed by atoms with Crippen LogP contribution in [0.2, 0.25) is 0 Å². The van der Waals surface area contributed by atoms with Crippen LogP contribution < -0.4 is 11.3 Å². The number of ether oxygens (including phenoxy) is 2. The second-order valence-electron chi connectivity index (χ2n) is 4.90. The number of methoxy groups -OCH3 is 1. The van der Waals surface area contributed by atoms with Gasteiger partial charge in [0.15, 0.2) is 0 Å². The number of hydrogen-bond acceptors (Lipinski definition) is 5. The second-order valence-corrected chi connectivity index (χ2v) is 5.76. The lowest BCUT2D eigenvalue weighted by molar-refractivity contribution is 0.000235. The van der Waals surface area contributed by atoms with Crippen LogP contribution >= 0.6 is 15.9 Å². The molecule has 0 spiro atoms. The number of halogens is 1. The molecule has 0 radical (unpaired) electrons. The molecule has 20 heavy (non-hydrogen) atoms. The smallest absolute Gasteiger partial charge is 0.0904 e. The van der Waals surface area contributed by atoms with Crippen molar-refractivity contribution in [3.05, 3.63) is 16.4 Å². The summed E-state index contributed by atoms with van der Waals surface area (Å²) in [6, 6.07) is -0.135. The average Bonchev–Trinajstić information content (AvgIpc) is 2.78. The van der Waals surface area contributed by atoms with Crippen LogP contribution in [-0.4, -0.2) is 36.2 Å². The lowest BCUT2D eigenvalue weighted by Crippen LogP contribution is -2.42. The van der Waals surface area contributed by atoms with Crippen LogP contribution in [0.15, 0.2) is 10.7 Å². The van der Waals surface area contributed by atoms with Gasteiger partial charge in [-0.1, -0.05) is 13.8 Å². The van der Waals surface area contributed by atoms with Gasteiger partial charge in [-0.05, 0) is 28.8 Å². The Morgan fingerprint density at radius 3 is 2.70 bits per heavy atom. The molecule has 1 aromatic heterocycles. The first-order valence-electron chi connectivity index (χ1n) is 6.84. The summed E-state index contributed by atoms with van der Waals surface area (Å²) in [5.74, 6) is 6.10. The highest BCUT2D eigenvalue weighted by Gasteiger charge is 2.30. The first-order chi connectivity index (χ1) is 9.56. The molecule has 0 saturated carbocycles. The molecule has 0 bridgehead atoms. The topological polar surface area (TPSA) is 74.3 Å². The zero-order valence-electron chi connectivity index (χ0n) is 12.6. The summed E-state index contributed by atoms with van der Waals surface area (Å²) < 4.78 is 13.8. The maximum absolute atomic E-state index is 5.86. The van der Waals surface area contributed by atoms with Gasteiger partial charge in [-0.25, -0.2) is 5.43 Å². The number of nitrogens with one attached hydrogen (secondary N) is 1. The lowest BCUT2D eigenvalue weighted by atomic mass is 9.97. The lowest BCUT2D eigenvalue weighted by Gasteiger charge is -2.30. The summed E-state index contributed by atoms with van der Waals surface area (Å²) >= 11 is 3.54. The number of hydrogen-bond donors (Lipinski definition) is 2. The van der Waals surface area contributed by atoms with Gasteiger partial charge in [0.1, 0.15) is 0 Å². The quantitative estimate of drug-likeness (QED) is 0.526. The van der Waals surface area contributed by atoms with Crippen LogP contribution in [0.5, 0.6) is 0 Å². The van der Waals surface area contributed by atoms with Crippen molar-refractivity contribution in [3.63, 3.8) is 0 Å². The standard InChI is InChI=1S/C13H25BrN4O2/c1-5-20-13(9(2)3)11(17-15)12-10(14)8-16-18(12)6-7-19-4/h8-9,11,13,17H,5-7,15H2,1-4H3. The minimum atomic E-state index is -0.135. The molecule has 116 valence electrons. The van der Waals surface area contributed by atoms with E-state index < -0.39 is 0 Å². The first kappa shape index (κ1) is 17.6. The Morgan fingerprint density at radius 1 is 1.50 bits per heavy atom. The molecule has 0 fully saturated rings. The molecule has 2 unspecified atom stereocenters. The molecule has 0 aromatic carbocycles. The van der Waals surface area contributed by atoms with E-state index in [1.165, 1.54) is 0 Å². The van der Waals surface area contributed by atoms with Crippen molar-refractivity contribution in [3.8, 4) is 0 Å². The van der Waals surface area contributed by atoms with Crippen molar-refractivity contribution in [2.24, 2.45) is 11.8 Å². The van der Waals surface area contributed by atoms with E-state index in [1.54, 1.807) is 13.3 Å². The van der Waals surface area contributed by atoms with E-state index in [0.717, 1.165) is 10.2 Å². The largest absolute Gasteiger partial charge is 0.383 e. The van der Waals surface area contributed by atoms with Gasteiger partial charge in [0.05, 0.1) is 41.7 Å². The van der Waals surface area contributed by atoms with E-state index in [0.29, 0.717) is 25.7 Å². The molecule has 0 aliphatic carbocycles. The fourth-order valence-corrected chi connectivity index (χ4v) is 2.78. The van der Waals surface area contributed by atoms with Crippen molar-refractivity contribution >= 4 is 15.9 Å². The van der Waals surface area contributed by atoms with E-state index in [4.69, 9.17) is 15.3 Å². The van der Waals surface area contributed by atoms with E-state index in [1.807, 2.05) is 11.6 Å². The number of nitrogens with two attached hydrogens (primary N) is 1. The van der Waals surface area contributed by atoms with Crippen LogP contribution in [0.3, 0.4) is 0 Å². The third-order valence-corrected chi connectivity index (χ3v) is 3.77. The number of nitrogens with zero attached hydrogens (tertiary/aromatic N) is 2. The second kappa shape index (κ2) is 8.74. The fourth-order valence-electron chi connectivity index (χ4n) is 2.23. The van der Waals surface area contributed by atoms with Crippen LogP contribution in [0.4, 0.5) is 0 Å². The molecule has 3 N–H and O–H groups in total. The maximum atomic E-state index is 5.86. The molecular formula is C13H25BrN4O2. The number of rotatable bonds is 9. The zero-order chi connectivity index (χ0) is 15.1. The summed E-state index contributed by atoms with van der Waals surface area (Å²) in [5.41, 5.74) is 3.85. The van der Waals surface area contributed by atoms with Crippen LogP contribution in [0.25, 0.3) is 0 Å². The summed E-state index contributed by atoms with van der Waals surface area (Å²) in [5, 5.41) is 4.36. The third-order valence-electron chi connectivity index (χ3n) is 3.16. The van der Waals surface area contributed by atoms with Crippen molar-refractivity contribution in [1.29, 1.82) is 0 Å². The van der Waals surface area contributed by atoms with Crippen LogP contribution in [0.1, 0.15) is 32.5 Å². The predicted octanol–water partition coefficient (Wildman–Crippen LogP) is 1.86. The van der Waals surface area contributed by atoms with Crippen LogP contribution in [0, 0.1) is 5.92 Å². The molecule has 1 aromatic rings. The highest BCUT2D eigenvalue weighted by atomic mass is 79.9. The molecule has 0 saturated heterocycles. The molecule has 1 heterocycles. The Morgan fingerprint density at radius 2 is 2.20 bits per heavy atom. The Hall–Kier alpha value is -0.470. The highest BCUT2D eigenvalue weighted by Crippen LogP contribution is 2.29. The minimum absolute atomic E-state index is 0.0284. The molecule has 0 aliphatic heterocycles. The van der Waals surface area contributed by atoms with Gasteiger partial charge in [0, 0.05) is 13.7 Å². The average molecular weight is 349 g/mol. The Labute approximate surface area is 129 Å².